The second-order valence-electron chi connectivity index (χ2n) is 6.62. The van der Waals surface area contributed by atoms with Crippen molar-refractivity contribution < 1.29 is 14.3 Å². The third kappa shape index (κ3) is 5.06. The van der Waals surface area contributed by atoms with Crippen LogP contribution in [0.2, 0.25) is 0 Å². The lowest BCUT2D eigenvalue weighted by Gasteiger charge is -2.39. The van der Waals surface area contributed by atoms with E-state index in [2.05, 4.69) is 49.9 Å². The number of rotatable bonds is 7. The molecule has 7 heteroatoms. The number of hydrogen-bond donors (Lipinski definition) is 0. The molecule has 2 heterocycles. The van der Waals surface area contributed by atoms with Crippen molar-refractivity contribution in [3.8, 4) is 5.75 Å². The van der Waals surface area contributed by atoms with Gasteiger partial charge in [-0.3, -0.25) is 9.69 Å². The summed E-state index contributed by atoms with van der Waals surface area (Å²) in [5.74, 6) is 0.859. The largest absolute Gasteiger partial charge is 0.497 e. The SMILES string of the molecule is COc1ccc(CN(C)CC2COCCN2c2ccc(Br)nc2C=O)cc1. The van der Waals surface area contributed by atoms with Gasteiger partial charge in [0.2, 0.25) is 0 Å². The van der Waals surface area contributed by atoms with Crippen molar-refractivity contribution in [3.63, 3.8) is 0 Å². The normalized spacial score (nSPS) is 17.2. The van der Waals surface area contributed by atoms with Gasteiger partial charge in [0.1, 0.15) is 16.0 Å². The van der Waals surface area contributed by atoms with Crippen molar-refractivity contribution in [1.29, 1.82) is 0 Å². The molecule has 1 saturated heterocycles. The molecule has 27 heavy (non-hydrogen) atoms. The van der Waals surface area contributed by atoms with Gasteiger partial charge in [-0.15, -0.1) is 0 Å². The number of carbonyl (C=O) groups excluding carboxylic acids is 1. The van der Waals surface area contributed by atoms with Crippen LogP contribution in [-0.4, -0.2) is 62.7 Å². The van der Waals surface area contributed by atoms with Gasteiger partial charge in [0.05, 0.1) is 32.1 Å². The van der Waals surface area contributed by atoms with Crippen LogP contribution < -0.4 is 9.64 Å². The highest BCUT2D eigenvalue weighted by molar-refractivity contribution is 9.10. The standard InChI is InChI=1S/C20H24BrN3O3/c1-23(11-15-3-5-17(26-2)6-4-15)12-16-14-27-10-9-24(16)19-7-8-20(21)22-18(19)13-25/h3-8,13,16H,9-12,14H2,1-2H3. The summed E-state index contributed by atoms with van der Waals surface area (Å²) in [6, 6.07) is 12.1. The fraction of sp³-hybridized carbons (Fsp3) is 0.400. The van der Waals surface area contributed by atoms with Crippen LogP contribution in [0.5, 0.6) is 5.75 Å². The Bertz CT molecular complexity index is 770. The monoisotopic (exact) mass is 433 g/mol. The van der Waals surface area contributed by atoms with Gasteiger partial charge in [0.15, 0.2) is 6.29 Å². The fourth-order valence-electron chi connectivity index (χ4n) is 3.36. The Kier molecular flexibility index (Phi) is 6.82. The number of aromatic nitrogens is 1. The van der Waals surface area contributed by atoms with E-state index in [1.165, 1.54) is 5.56 Å². The maximum absolute atomic E-state index is 11.5. The van der Waals surface area contributed by atoms with Gasteiger partial charge in [-0.05, 0) is 52.8 Å². The zero-order chi connectivity index (χ0) is 19.2. The van der Waals surface area contributed by atoms with Crippen molar-refractivity contribution >= 4 is 27.9 Å². The Morgan fingerprint density at radius 1 is 1.33 bits per heavy atom. The summed E-state index contributed by atoms with van der Waals surface area (Å²) in [6.45, 7) is 3.66. The number of aldehydes is 1. The molecule has 0 saturated carbocycles. The Morgan fingerprint density at radius 3 is 2.81 bits per heavy atom. The van der Waals surface area contributed by atoms with Gasteiger partial charge < -0.3 is 14.4 Å². The lowest BCUT2D eigenvalue weighted by Crippen LogP contribution is -2.51. The Hall–Kier alpha value is -1.96. The number of halogens is 1. The van der Waals surface area contributed by atoms with Gasteiger partial charge in [0, 0.05) is 19.6 Å². The minimum atomic E-state index is 0.156. The number of anilines is 1. The van der Waals surface area contributed by atoms with Crippen molar-refractivity contribution in [2.45, 2.75) is 12.6 Å². The molecule has 0 N–H and O–H groups in total. The fourth-order valence-corrected chi connectivity index (χ4v) is 3.69. The molecule has 0 bridgehead atoms. The Labute approximate surface area is 168 Å². The number of methoxy groups -OCH3 is 1. The smallest absolute Gasteiger partial charge is 0.170 e. The molecule has 1 aromatic carbocycles. The number of ether oxygens (including phenoxy) is 2. The summed E-state index contributed by atoms with van der Waals surface area (Å²) >= 11 is 3.33. The summed E-state index contributed by atoms with van der Waals surface area (Å²) in [7, 11) is 3.76. The van der Waals surface area contributed by atoms with Crippen molar-refractivity contribution in [2.75, 3.05) is 45.4 Å². The van der Waals surface area contributed by atoms with Gasteiger partial charge in [-0.2, -0.15) is 0 Å². The van der Waals surface area contributed by atoms with Crippen LogP contribution in [0, 0.1) is 0 Å². The summed E-state index contributed by atoms with van der Waals surface area (Å²) < 4.78 is 11.6. The van der Waals surface area contributed by atoms with E-state index in [0.717, 1.165) is 37.4 Å². The van der Waals surface area contributed by atoms with Crippen molar-refractivity contribution in [3.05, 3.63) is 52.3 Å². The highest BCUT2D eigenvalue weighted by Crippen LogP contribution is 2.25. The van der Waals surface area contributed by atoms with E-state index in [-0.39, 0.29) is 6.04 Å². The topological polar surface area (TPSA) is 54.9 Å². The molecule has 0 radical (unpaired) electrons. The minimum absolute atomic E-state index is 0.156. The molecule has 2 aromatic rings. The third-order valence-electron chi connectivity index (χ3n) is 4.65. The first-order chi connectivity index (χ1) is 13.1. The molecule has 0 aliphatic carbocycles. The zero-order valence-corrected chi connectivity index (χ0v) is 17.2. The molecule has 0 spiro atoms. The van der Waals surface area contributed by atoms with Gasteiger partial charge in [0.25, 0.3) is 0 Å². The summed E-state index contributed by atoms with van der Waals surface area (Å²) in [5, 5.41) is 0. The van der Waals surface area contributed by atoms with Gasteiger partial charge >= 0.3 is 0 Å². The molecule has 1 unspecified atom stereocenters. The Morgan fingerprint density at radius 2 is 2.11 bits per heavy atom. The minimum Gasteiger partial charge on any atom is -0.497 e. The molecule has 1 fully saturated rings. The highest BCUT2D eigenvalue weighted by Gasteiger charge is 2.26. The van der Waals surface area contributed by atoms with Crippen LogP contribution in [0.15, 0.2) is 41.0 Å². The van der Waals surface area contributed by atoms with Crippen LogP contribution in [0.4, 0.5) is 5.69 Å². The van der Waals surface area contributed by atoms with E-state index in [1.54, 1.807) is 7.11 Å². The lowest BCUT2D eigenvalue weighted by molar-refractivity contribution is 0.0816. The molecule has 1 aromatic heterocycles. The maximum Gasteiger partial charge on any atom is 0.170 e. The second kappa shape index (κ2) is 9.30. The Balaban J connectivity index is 1.70. The molecule has 1 atom stereocenters. The predicted octanol–water partition coefficient (Wildman–Crippen LogP) is 3.00. The van der Waals surface area contributed by atoms with E-state index in [9.17, 15) is 4.79 Å². The van der Waals surface area contributed by atoms with Crippen molar-refractivity contribution in [2.24, 2.45) is 0 Å². The van der Waals surface area contributed by atoms with Gasteiger partial charge in [-0.1, -0.05) is 12.1 Å². The van der Waals surface area contributed by atoms with E-state index in [0.29, 0.717) is 23.5 Å². The molecule has 1 aliphatic heterocycles. The second-order valence-corrected chi connectivity index (χ2v) is 7.44. The third-order valence-corrected chi connectivity index (χ3v) is 5.09. The summed E-state index contributed by atoms with van der Waals surface area (Å²) in [4.78, 5) is 20.3. The van der Waals surface area contributed by atoms with Gasteiger partial charge in [-0.25, -0.2) is 4.98 Å². The lowest BCUT2D eigenvalue weighted by atomic mass is 10.1. The number of likely N-dealkylation sites (N-methyl/N-ethyl adjacent to an activating group) is 1. The first-order valence-electron chi connectivity index (χ1n) is 8.88. The van der Waals surface area contributed by atoms with Crippen LogP contribution in [-0.2, 0) is 11.3 Å². The summed E-state index contributed by atoms with van der Waals surface area (Å²) in [6.07, 6.45) is 0.813. The first kappa shape index (κ1) is 19.8. The maximum atomic E-state index is 11.5. The van der Waals surface area contributed by atoms with Crippen molar-refractivity contribution in [1.82, 2.24) is 9.88 Å². The molecule has 1 aliphatic rings. The first-order valence-corrected chi connectivity index (χ1v) is 9.67. The quantitative estimate of drug-likeness (QED) is 0.494. The average Bonchev–Trinajstić information content (AvgIpc) is 2.69. The highest BCUT2D eigenvalue weighted by atomic mass is 79.9. The van der Waals surface area contributed by atoms with E-state index in [1.807, 2.05) is 24.3 Å². The van der Waals surface area contributed by atoms with E-state index >= 15 is 0 Å². The molecular formula is C20H24BrN3O3. The molecule has 6 nitrogen and oxygen atoms in total. The number of benzene rings is 1. The number of hydrogen-bond acceptors (Lipinski definition) is 6. The van der Waals surface area contributed by atoms with Crippen LogP contribution in [0.1, 0.15) is 16.1 Å². The number of pyridine rings is 1. The molecular weight excluding hydrogens is 410 g/mol. The van der Waals surface area contributed by atoms with E-state index in [4.69, 9.17) is 9.47 Å². The molecule has 0 amide bonds. The molecule has 144 valence electrons. The summed E-state index contributed by atoms with van der Waals surface area (Å²) in [5.41, 5.74) is 2.54. The number of morpholine rings is 1. The van der Waals surface area contributed by atoms with Crippen LogP contribution >= 0.6 is 15.9 Å². The average molecular weight is 434 g/mol. The predicted molar refractivity (Wildman–Crippen MR) is 109 cm³/mol. The van der Waals surface area contributed by atoms with Crippen LogP contribution in [0.25, 0.3) is 0 Å². The molecule has 3 rings (SSSR count). The zero-order valence-electron chi connectivity index (χ0n) is 15.6. The number of nitrogens with zero attached hydrogens (tertiary/aromatic N) is 3. The number of carbonyl (C=O) groups is 1. The van der Waals surface area contributed by atoms with E-state index < -0.39 is 0 Å². The van der Waals surface area contributed by atoms with Crippen LogP contribution in [0.3, 0.4) is 0 Å².